The molecular weight excluding hydrogens is 330 g/mol. The van der Waals surface area contributed by atoms with Gasteiger partial charge in [0.05, 0.1) is 11.6 Å². The van der Waals surface area contributed by atoms with E-state index in [4.69, 9.17) is 4.74 Å². The second-order valence-corrected chi connectivity index (χ2v) is 7.58. The van der Waals surface area contributed by atoms with Crippen molar-refractivity contribution in [3.8, 4) is 5.75 Å². The predicted octanol–water partition coefficient (Wildman–Crippen LogP) is 3.40. The summed E-state index contributed by atoms with van der Waals surface area (Å²) in [4.78, 5) is 0. The highest BCUT2D eigenvalue weighted by Gasteiger charge is 2.13. The molecule has 0 bridgehead atoms. The molecule has 1 aromatic rings. The van der Waals surface area contributed by atoms with Gasteiger partial charge in [0, 0.05) is 35.6 Å². The summed E-state index contributed by atoms with van der Waals surface area (Å²) in [6.07, 6.45) is 0. The first-order valence-electron chi connectivity index (χ1n) is 6.02. The van der Waals surface area contributed by atoms with Crippen LogP contribution < -0.4 is 10.1 Å². The Morgan fingerprint density at radius 3 is 3.00 bits per heavy atom. The highest BCUT2D eigenvalue weighted by atomic mass is 79.9. The number of hydrogen-bond donors (Lipinski definition) is 1. The molecule has 0 amide bonds. The molecule has 0 spiro atoms. The molecule has 1 heterocycles. The van der Waals surface area contributed by atoms with Gasteiger partial charge >= 0.3 is 0 Å². The molecule has 2 rings (SSSR count). The molecule has 1 aromatic carbocycles. The third-order valence-electron chi connectivity index (χ3n) is 2.80. The average Bonchev–Trinajstić information content (AvgIpc) is 2.40. The van der Waals surface area contributed by atoms with Crippen molar-refractivity contribution in [3.63, 3.8) is 0 Å². The van der Waals surface area contributed by atoms with E-state index in [9.17, 15) is 0 Å². The van der Waals surface area contributed by atoms with Crippen LogP contribution in [0.5, 0.6) is 5.75 Å². The lowest BCUT2D eigenvalue weighted by Crippen LogP contribution is -2.28. The Bertz CT molecular complexity index is 383. The predicted molar refractivity (Wildman–Crippen MR) is 86.0 cm³/mol. The molecule has 1 unspecified atom stereocenters. The van der Waals surface area contributed by atoms with Crippen molar-refractivity contribution in [2.45, 2.75) is 11.8 Å². The first-order chi connectivity index (χ1) is 8.79. The standard InChI is InChI=1S/C13H18BrNOS2/c1-16-13-3-2-10(6-12(13)14)7-15-8-11-9-17-4-5-18-11/h2-3,6,11,15H,4-5,7-9H2,1H3. The van der Waals surface area contributed by atoms with Gasteiger partial charge in [0.1, 0.15) is 5.75 Å². The summed E-state index contributed by atoms with van der Waals surface area (Å²) in [7, 11) is 1.69. The molecule has 1 atom stereocenters. The number of nitrogens with one attached hydrogen (secondary N) is 1. The van der Waals surface area contributed by atoms with E-state index in [1.165, 1.54) is 22.8 Å². The van der Waals surface area contributed by atoms with Crippen molar-refractivity contribution in [3.05, 3.63) is 28.2 Å². The van der Waals surface area contributed by atoms with Crippen LogP contribution in [0.2, 0.25) is 0 Å². The van der Waals surface area contributed by atoms with Gasteiger partial charge in [0.15, 0.2) is 0 Å². The molecule has 1 fully saturated rings. The lowest BCUT2D eigenvalue weighted by Gasteiger charge is -2.21. The number of benzene rings is 1. The van der Waals surface area contributed by atoms with Crippen LogP contribution in [-0.4, -0.2) is 36.2 Å². The van der Waals surface area contributed by atoms with Gasteiger partial charge in [-0.2, -0.15) is 23.5 Å². The lowest BCUT2D eigenvalue weighted by atomic mass is 10.2. The third kappa shape index (κ3) is 4.37. The number of ether oxygens (including phenoxy) is 1. The van der Waals surface area contributed by atoms with E-state index in [1.807, 2.05) is 6.07 Å². The summed E-state index contributed by atoms with van der Waals surface area (Å²) in [5.41, 5.74) is 1.29. The zero-order valence-electron chi connectivity index (χ0n) is 10.4. The molecular formula is C13H18BrNOS2. The molecule has 100 valence electrons. The summed E-state index contributed by atoms with van der Waals surface area (Å²) in [5, 5.41) is 4.31. The Balaban J connectivity index is 1.77. The number of hydrogen-bond acceptors (Lipinski definition) is 4. The zero-order chi connectivity index (χ0) is 12.8. The largest absolute Gasteiger partial charge is 0.496 e. The first kappa shape index (κ1) is 14.6. The second kappa shape index (κ2) is 7.68. The third-order valence-corrected chi connectivity index (χ3v) is 6.27. The van der Waals surface area contributed by atoms with Crippen molar-refractivity contribution in [2.75, 3.05) is 30.9 Å². The fraction of sp³-hybridized carbons (Fsp3) is 0.538. The van der Waals surface area contributed by atoms with Gasteiger partial charge in [-0.15, -0.1) is 0 Å². The molecule has 0 saturated carbocycles. The summed E-state index contributed by atoms with van der Waals surface area (Å²) in [6, 6.07) is 6.24. The summed E-state index contributed by atoms with van der Waals surface area (Å²) >= 11 is 7.68. The molecule has 0 aliphatic carbocycles. The van der Waals surface area contributed by atoms with E-state index in [-0.39, 0.29) is 0 Å². The maximum atomic E-state index is 5.23. The van der Waals surface area contributed by atoms with Gasteiger partial charge in [-0.1, -0.05) is 6.07 Å². The minimum absolute atomic E-state index is 0.769. The van der Waals surface area contributed by atoms with Crippen molar-refractivity contribution in [1.82, 2.24) is 5.32 Å². The fourth-order valence-corrected chi connectivity index (χ4v) is 5.09. The number of methoxy groups -OCH3 is 1. The zero-order valence-corrected chi connectivity index (χ0v) is 13.7. The number of thioether (sulfide) groups is 2. The molecule has 1 N–H and O–H groups in total. The Morgan fingerprint density at radius 2 is 2.33 bits per heavy atom. The summed E-state index contributed by atoms with van der Waals surface area (Å²) in [5.74, 6) is 4.78. The number of halogens is 1. The quantitative estimate of drug-likeness (QED) is 0.880. The average molecular weight is 348 g/mol. The van der Waals surface area contributed by atoms with Crippen LogP contribution in [0.3, 0.4) is 0 Å². The molecule has 1 aliphatic heterocycles. The number of rotatable bonds is 5. The minimum Gasteiger partial charge on any atom is -0.496 e. The Kier molecular flexibility index (Phi) is 6.21. The lowest BCUT2D eigenvalue weighted by molar-refractivity contribution is 0.412. The Morgan fingerprint density at radius 1 is 1.44 bits per heavy atom. The van der Waals surface area contributed by atoms with Gasteiger partial charge in [-0.3, -0.25) is 0 Å². The molecule has 5 heteroatoms. The Hall–Kier alpha value is 0.160. The van der Waals surface area contributed by atoms with Gasteiger partial charge < -0.3 is 10.1 Å². The van der Waals surface area contributed by atoms with E-state index in [2.05, 4.69) is 56.9 Å². The van der Waals surface area contributed by atoms with E-state index < -0.39 is 0 Å². The van der Waals surface area contributed by atoms with Crippen molar-refractivity contribution >= 4 is 39.5 Å². The van der Waals surface area contributed by atoms with Gasteiger partial charge in [0.2, 0.25) is 0 Å². The topological polar surface area (TPSA) is 21.3 Å². The van der Waals surface area contributed by atoms with E-state index in [0.717, 1.165) is 28.6 Å². The van der Waals surface area contributed by atoms with Crippen LogP contribution in [0.15, 0.2) is 22.7 Å². The van der Waals surface area contributed by atoms with Crippen LogP contribution in [0.1, 0.15) is 5.56 Å². The highest BCUT2D eigenvalue weighted by molar-refractivity contribution is 9.10. The minimum atomic E-state index is 0.769. The van der Waals surface area contributed by atoms with E-state index in [1.54, 1.807) is 7.11 Å². The fourth-order valence-electron chi connectivity index (χ4n) is 1.85. The van der Waals surface area contributed by atoms with Crippen LogP contribution in [0.4, 0.5) is 0 Å². The normalized spacial score (nSPS) is 19.8. The molecule has 18 heavy (non-hydrogen) atoms. The van der Waals surface area contributed by atoms with Gasteiger partial charge in [-0.25, -0.2) is 0 Å². The summed E-state index contributed by atoms with van der Waals surface area (Å²) in [6.45, 7) is 2.02. The van der Waals surface area contributed by atoms with Crippen molar-refractivity contribution in [1.29, 1.82) is 0 Å². The molecule has 0 radical (unpaired) electrons. The summed E-state index contributed by atoms with van der Waals surface area (Å²) < 4.78 is 6.25. The molecule has 1 saturated heterocycles. The van der Waals surface area contributed by atoms with Gasteiger partial charge in [0.25, 0.3) is 0 Å². The first-order valence-corrected chi connectivity index (χ1v) is 9.01. The monoisotopic (exact) mass is 347 g/mol. The SMILES string of the molecule is COc1ccc(CNCC2CSCCS2)cc1Br. The van der Waals surface area contributed by atoms with E-state index >= 15 is 0 Å². The van der Waals surface area contributed by atoms with Crippen molar-refractivity contribution < 1.29 is 4.74 Å². The molecule has 2 nitrogen and oxygen atoms in total. The van der Waals surface area contributed by atoms with Crippen LogP contribution in [0.25, 0.3) is 0 Å². The van der Waals surface area contributed by atoms with Gasteiger partial charge in [-0.05, 0) is 33.6 Å². The van der Waals surface area contributed by atoms with Crippen LogP contribution >= 0.6 is 39.5 Å². The van der Waals surface area contributed by atoms with Crippen molar-refractivity contribution in [2.24, 2.45) is 0 Å². The Labute approximate surface area is 126 Å². The maximum absolute atomic E-state index is 5.23. The maximum Gasteiger partial charge on any atom is 0.133 e. The molecule has 1 aliphatic rings. The van der Waals surface area contributed by atoms with Crippen LogP contribution in [-0.2, 0) is 6.54 Å². The smallest absolute Gasteiger partial charge is 0.133 e. The highest BCUT2D eigenvalue weighted by Crippen LogP contribution is 2.26. The van der Waals surface area contributed by atoms with Crippen LogP contribution in [0, 0.1) is 0 Å². The second-order valence-electron chi connectivity index (χ2n) is 4.17. The molecule has 0 aromatic heterocycles. The van der Waals surface area contributed by atoms with E-state index in [0.29, 0.717) is 0 Å².